The largest absolute Gasteiger partial charge is 0.443 e. The summed E-state index contributed by atoms with van der Waals surface area (Å²) in [6, 6.07) is 5.51. The standard InChI is InChI=1S/C27H24F2N6O2/c1-13(24(30)36)20-12-37-25(33-20)19-10-31-11-21(32-19)27-8-7-15(26(27,2)3)14-9-18(34-35-23(14)27)22-16(28)5-4-6-17(22)29/h4-6,9-13,15H,7-8H2,1-3H3,(H2,30,36)/t13-,15-,27+/m0/s1. The number of aromatic nitrogens is 5. The van der Waals surface area contributed by atoms with Crippen molar-refractivity contribution in [2.24, 2.45) is 11.1 Å². The number of nitrogens with two attached hydrogens (primary N) is 1. The Morgan fingerprint density at radius 1 is 1.14 bits per heavy atom. The van der Waals surface area contributed by atoms with Gasteiger partial charge in [-0.25, -0.2) is 18.7 Å². The first-order chi connectivity index (χ1) is 17.6. The Bertz CT molecular complexity index is 1550. The molecule has 0 unspecified atom stereocenters. The Morgan fingerprint density at radius 2 is 1.89 bits per heavy atom. The van der Waals surface area contributed by atoms with Crippen LogP contribution in [0.4, 0.5) is 8.78 Å². The van der Waals surface area contributed by atoms with Crippen molar-refractivity contribution in [3.8, 4) is 22.8 Å². The maximum atomic E-state index is 14.5. The zero-order chi connectivity index (χ0) is 26.1. The van der Waals surface area contributed by atoms with E-state index in [0.717, 1.165) is 24.1 Å². The zero-order valence-electron chi connectivity index (χ0n) is 20.5. The van der Waals surface area contributed by atoms with Gasteiger partial charge in [-0.1, -0.05) is 19.9 Å². The minimum Gasteiger partial charge on any atom is -0.443 e. The van der Waals surface area contributed by atoms with E-state index >= 15 is 0 Å². The van der Waals surface area contributed by atoms with Crippen LogP contribution in [0, 0.1) is 17.0 Å². The van der Waals surface area contributed by atoms with Crippen molar-refractivity contribution < 1.29 is 18.0 Å². The van der Waals surface area contributed by atoms with E-state index in [0.29, 0.717) is 17.1 Å². The molecule has 10 heteroatoms. The number of carbonyl (C=O) groups is 1. The molecule has 2 aliphatic rings. The summed E-state index contributed by atoms with van der Waals surface area (Å²) < 4.78 is 34.6. The van der Waals surface area contributed by atoms with Crippen LogP contribution in [-0.4, -0.2) is 31.1 Å². The number of primary amides is 1. The first kappa shape index (κ1) is 23.3. The molecule has 2 aliphatic carbocycles. The molecule has 6 rings (SSSR count). The van der Waals surface area contributed by atoms with E-state index in [1.54, 1.807) is 25.4 Å². The first-order valence-corrected chi connectivity index (χ1v) is 12.0. The molecule has 1 fully saturated rings. The van der Waals surface area contributed by atoms with E-state index in [1.165, 1.54) is 24.5 Å². The maximum Gasteiger partial charge on any atom is 0.246 e. The van der Waals surface area contributed by atoms with Crippen LogP contribution in [0.25, 0.3) is 22.8 Å². The number of hydrogen-bond donors (Lipinski definition) is 1. The normalized spacial score (nSPS) is 22.1. The van der Waals surface area contributed by atoms with E-state index in [2.05, 4.69) is 34.0 Å². The van der Waals surface area contributed by atoms with E-state index in [1.807, 2.05) is 0 Å². The van der Waals surface area contributed by atoms with Gasteiger partial charge in [0.15, 0.2) is 0 Å². The predicted molar refractivity (Wildman–Crippen MR) is 129 cm³/mol. The van der Waals surface area contributed by atoms with Crippen molar-refractivity contribution in [3.05, 3.63) is 77.2 Å². The summed E-state index contributed by atoms with van der Waals surface area (Å²) in [5, 5.41) is 8.82. The van der Waals surface area contributed by atoms with Gasteiger partial charge in [-0.05, 0) is 54.9 Å². The lowest BCUT2D eigenvalue weighted by atomic mass is 9.66. The Morgan fingerprint density at radius 3 is 2.62 bits per heavy atom. The van der Waals surface area contributed by atoms with Gasteiger partial charge in [0, 0.05) is 6.20 Å². The quantitative estimate of drug-likeness (QED) is 0.421. The molecule has 0 spiro atoms. The number of oxazole rings is 1. The molecule has 3 heterocycles. The SMILES string of the molecule is C[C@H](C(N)=O)c1coc(-c2cncc([C@]34CC[C@@H](c5cc(-c6c(F)cccc6F)nnc53)C4(C)C)n2)n1. The van der Waals surface area contributed by atoms with Crippen molar-refractivity contribution in [1.82, 2.24) is 25.1 Å². The van der Waals surface area contributed by atoms with Gasteiger partial charge in [0.25, 0.3) is 0 Å². The Hall–Kier alpha value is -4.08. The summed E-state index contributed by atoms with van der Waals surface area (Å²) >= 11 is 0. The van der Waals surface area contributed by atoms with E-state index in [4.69, 9.17) is 15.1 Å². The number of benzene rings is 1. The van der Waals surface area contributed by atoms with Gasteiger partial charge in [0.1, 0.15) is 23.6 Å². The summed E-state index contributed by atoms with van der Waals surface area (Å²) in [6.45, 7) is 5.96. The third-order valence-corrected chi connectivity index (χ3v) is 8.28. The number of amides is 1. The molecule has 0 radical (unpaired) electrons. The third kappa shape index (κ3) is 3.17. The molecular weight excluding hydrogens is 478 g/mol. The van der Waals surface area contributed by atoms with Crippen molar-refractivity contribution in [1.29, 1.82) is 0 Å². The highest BCUT2D eigenvalue weighted by Gasteiger charge is 2.65. The summed E-state index contributed by atoms with van der Waals surface area (Å²) in [5.74, 6) is -2.14. The second kappa shape index (κ2) is 7.96. The fraction of sp³-hybridized carbons (Fsp3) is 0.333. The van der Waals surface area contributed by atoms with Crippen LogP contribution in [0.1, 0.15) is 68.1 Å². The highest BCUT2D eigenvalue weighted by Crippen LogP contribution is 2.69. The highest BCUT2D eigenvalue weighted by atomic mass is 19.1. The Balaban J connectivity index is 1.46. The topological polar surface area (TPSA) is 121 Å². The van der Waals surface area contributed by atoms with Crippen LogP contribution in [0.15, 0.2) is 47.3 Å². The molecule has 37 heavy (non-hydrogen) atoms. The van der Waals surface area contributed by atoms with Crippen LogP contribution in [-0.2, 0) is 10.2 Å². The van der Waals surface area contributed by atoms with E-state index in [9.17, 15) is 13.6 Å². The van der Waals surface area contributed by atoms with Gasteiger partial charge in [-0.15, -0.1) is 5.10 Å². The van der Waals surface area contributed by atoms with Crippen LogP contribution in [0.5, 0.6) is 0 Å². The lowest BCUT2D eigenvalue weighted by Gasteiger charge is -2.37. The average molecular weight is 503 g/mol. The van der Waals surface area contributed by atoms with Crippen molar-refractivity contribution in [3.63, 3.8) is 0 Å². The Kier molecular flexibility index (Phi) is 5.02. The predicted octanol–water partition coefficient (Wildman–Crippen LogP) is 4.66. The lowest BCUT2D eigenvalue weighted by molar-refractivity contribution is -0.119. The molecule has 3 aromatic heterocycles. The molecule has 4 aromatic rings. The van der Waals surface area contributed by atoms with Crippen LogP contribution in [0.3, 0.4) is 0 Å². The third-order valence-electron chi connectivity index (χ3n) is 8.28. The number of hydrogen-bond acceptors (Lipinski definition) is 7. The van der Waals surface area contributed by atoms with Gasteiger partial charge in [0.05, 0.1) is 45.9 Å². The molecule has 0 saturated heterocycles. The number of rotatable bonds is 5. The summed E-state index contributed by atoms with van der Waals surface area (Å²) in [4.78, 5) is 25.3. The van der Waals surface area contributed by atoms with Crippen molar-refractivity contribution >= 4 is 5.91 Å². The lowest BCUT2D eigenvalue weighted by Crippen LogP contribution is -2.38. The fourth-order valence-electron chi connectivity index (χ4n) is 6.18. The fourth-order valence-corrected chi connectivity index (χ4v) is 6.18. The molecule has 0 aliphatic heterocycles. The zero-order valence-corrected chi connectivity index (χ0v) is 20.5. The number of halogens is 2. The van der Waals surface area contributed by atoms with Crippen LogP contribution in [0.2, 0.25) is 0 Å². The van der Waals surface area contributed by atoms with Crippen molar-refractivity contribution in [2.45, 2.75) is 50.9 Å². The second-order valence-corrected chi connectivity index (χ2v) is 10.3. The van der Waals surface area contributed by atoms with Gasteiger partial charge in [-0.2, -0.15) is 5.10 Å². The molecule has 1 aromatic carbocycles. The maximum absolute atomic E-state index is 14.5. The van der Waals surface area contributed by atoms with E-state index in [-0.39, 0.29) is 28.5 Å². The van der Waals surface area contributed by atoms with Gasteiger partial charge in [-0.3, -0.25) is 9.78 Å². The number of carbonyl (C=O) groups excluding carboxylic acids is 1. The van der Waals surface area contributed by atoms with Crippen LogP contribution < -0.4 is 5.73 Å². The van der Waals surface area contributed by atoms with E-state index < -0.39 is 28.9 Å². The summed E-state index contributed by atoms with van der Waals surface area (Å²) in [7, 11) is 0. The van der Waals surface area contributed by atoms with Gasteiger partial charge >= 0.3 is 0 Å². The first-order valence-electron chi connectivity index (χ1n) is 12.0. The van der Waals surface area contributed by atoms with Gasteiger partial charge in [0.2, 0.25) is 11.8 Å². The highest BCUT2D eigenvalue weighted by molar-refractivity contribution is 5.80. The van der Waals surface area contributed by atoms with Crippen LogP contribution >= 0.6 is 0 Å². The van der Waals surface area contributed by atoms with Crippen molar-refractivity contribution in [2.75, 3.05) is 0 Å². The summed E-state index contributed by atoms with van der Waals surface area (Å²) in [6.07, 6.45) is 6.29. The molecule has 2 bridgehead atoms. The minimum absolute atomic E-state index is 0.0989. The molecule has 188 valence electrons. The molecule has 3 atom stereocenters. The second-order valence-electron chi connectivity index (χ2n) is 10.3. The number of nitrogens with zero attached hydrogens (tertiary/aromatic N) is 5. The number of fused-ring (bicyclic) bond motifs is 5. The molecule has 8 nitrogen and oxygen atoms in total. The minimum atomic E-state index is -0.680. The molecule has 2 N–H and O–H groups in total. The smallest absolute Gasteiger partial charge is 0.246 e. The monoisotopic (exact) mass is 502 g/mol. The molecule has 1 amide bonds. The van der Waals surface area contributed by atoms with Gasteiger partial charge < -0.3 is 10.2 Å². The molecule has 1 saturated carbocycles. The Labute approximate surface area is 211 Å². The summed E-state index contributed by atoms with van der Waals surface area (Å²) in [5.41, 5.74) is 7.66. The average Bonchev–Trinajstić information content (AvgIpc) is 3.52. The molecular formula is C27H24F2N6O2.